The lowest BCUT2D eigenvalue weighted by atomic mass is 10.1. The zero-order valence-electron chi connectivity index (χ0n) is 12.8. The predicted molar refractivity (Wildman–Crippen MR) is 92.0 cm³/mol. The highest BCUT2D eigenvalue weighted by Gasteiger charge is 2.24. The molecule has 1 aliphatic heterocycles. The molecule has 1 saturated heterocycles. The molecule has 1 N–H and O–H groups in total. The van der Waals surface area contributed by atoms with Crippen LogP contribution in [0.3, 0.4) is 0 Å². The summed E-state index contributed by atoms with van der Waals surface area (Å²) in [4.78, 5) is 16.6. The molecule has 1 aromatic carbocycles. The summed E-state index contributed by atoms with van der Waals surface area (Å²) in [6.07, 6.45) is -0.334. The van der Waals surface area contributed by atoms with Crippen molar-refractivity contribution in [3.63, 3.8) is 0 Å². The third-order valence-electron chi connectivity index (χ3n) is 3.59. The molecule has 1 amide bonds. The van der Waals surface area contributed by atoms with Crippen LogP contribution in [-0.4, -0.2) is 66.8 Å². The van der Waals surface area contributed by atoms with Crippen LogP contribution >= 0.6 is 28.3 Å². The summed E-state index contributed by atoms with van der Waals surface area (Å²) in [5, 5.41) is 9.41. The van der Waals surface area contributed by atoms with E-state index in [4.69, 9.17) is 4.74 Å². The number of benzene rings is 1. The number of carbonyl (C=O) groups is 1. The van der Waals surface area contributed by atoms with Gasteiger partial charge in [0.05, 0.1) is 18.8 Å². The maximum atomic E-state index is 12.6. The molecule has 5 nitrogen and oxygen atoms in total. The summed E-state index contributed by atoms with van der Waals surface area (Å²) in [6.45, 7) is 5.37. The van der Waals surface area contributed by atoms with E-state index in [1.165, 1.54) is 0 Å². The van der Waals surface area contributed by atoms with Gasteiger partial charge in [0.1, 0.15) is 5.75 Å². The number of rotatable bonds is 4. The van der Waals surface area contributed by atoms with Crippen LogP contribution in [0.15, 0.2) is 22.7 Å². The molecule has 0 saturated carbocycles. The Labute approximate surface area is 145 Å². The fourth-order valence-corrected chi connectivity index (χ4v) is 2.89. The van der Waals surface area contributed by atoms with Crippen LogP contribution in [-0.2, 0) is 0 Å². The fourth-order valence-electron chi connectivity index (χ4n) is 2.47. The molecule has 1 atom stereocenters. The lowest BCUT2D eigenvalue weighted by Gasteiger charge is -2.35. The largest absolute Gasteiger partial charge is 0.497 e. The maximum absolute atomic E-state index is 12.6. The van der Waals surface area contributed by atoms with Crippen molar-refractivity contribution < 1.29 is 14.6 Å². The predicted octanol–water partition coefficient (Wildman–Crippen LogP) is 2.02. The zero-order chi connectivity index (χ0) is 15.4. The van der Waals surface area contributed by atoms with Crippen LogP contribution in [0.5, 0.6) is 5.75 Å². The number of aliphatic hydroxyl groups is 1. The van der Waals surface area contributed by atoms with Crippen LogP contribution < -0.4 is 4.74 Å². The topological polar surface area (TPSA) is 53.0 Å². The molecule has 1 aromatic rings. The van der Waals surface area contributed by atoms with Gasteiger partial charge < -0.3 is 14.7 Å². The number of amides is 1. The summed E-state index contributed by atoms with van der Waals surface area (Å²) in [5.41, 5.74) is 0.623. The van der Waals surface area contributed by atoms with Crippen LogP contribution in [0, 0.1) is 0 Å². The lowest BCUT2D eigenvalue weighted by Crippen LogP contribution is -2.50. The van der Waals surface area contributed by atoms with E-state index in [2.05, 4.69) is 20.8 Å². The monoisotopic (exact) mass is 392 g/mol. The van der Waals surface area contributed by atoms with Crippen molar-refractivity contribution >= 4 is 34.2 Å². The Kier molecular flexibility index (Phi) is 7.62. The van der Waals surface area contributed by atoms with Crippen molar-refractivity contribution in [3.05, 3.63) is 28.2 Å². The SMILES string of the molecule is COc1ccc(Br)c(C(=O)N2CCN(CC(C)O)CC2)c1.Cl. The highest BCUT2D eigenvalue weighted by atomic mass is 79.9. The molecule has 0 aromatic heterocycles. The number of nitrogens with zero attached hydrogens (tertiary/aromatic N) is 2. The van der Waals surface area contributed by atoms with E-state index in [0.29, 0.717) is 30.9 Å². The highest BCUT2D eigenvalue weighted by Crippen LogP contribution is 2.24. The second kappa shape index (κ2) is 8.72. The van der Waals surface area contributed by atoms with Crippen molar-refractivity contribution in [2.45, 2.75) is 13.0 Å². The van der Waals surface area contributed by atoms with Gasteiger partial charge in [-0.15, -0.1) is 12.4 Å². The molecular formula is C15H22BrClN2O3. The summed E-state index contributed by atoms with van der Waals surface area (Å²) in [6, 6.07) is 5.41. The van der Waals surface area contributed by atoms with Crippen molar-refractivity contribution in [1.82, 2.24) is 9.80 Å². The van der Waals surface area contributed by atoms with Crippen LogP contribution in [0.25, 0.3) is 0 Å². The zero-order valence-corrected chi connectivity index (χ0v) is 15.2. The Hall–Kier alpha value is -0.820. The lowest BCUT2D eigenvalue weighted by molar-refractivity contribution is 0.0553. The number of piperazine rings is 1. The van der Waals surface area contributed by atoms with Crippen molar-refractivity contribution in [1.29, 1.82) is 0 Å². The van der Waals surface area contributed by atoms with Gasteiger partial charge in [-0.2, -0.15) is 0 Å². The molecule has 124 valence electrons. The maximum Gasteiger partial charge on any atom is 0.255 e. The third-order valence-corrected chi connectivity index (χ3v) is 4.28. The summed E-state index contributed by atoms with van der Waals surface area (Å²) in [7, 11) is 1.59. The number of methoxy groups -OCH3 is 1. The average molecular weight is 394 g/mol. The molecule has 0 radical (unpaired) electrons. The summed E-state index contributed by atoms with van der Waals surface area (Å²) >= 11 is 3.42. The molecule has 1 unspecified atom stereocenters. The average Bonchev–Trinajstić information content (AvgIpc) is 2.47. The molecule has 2 rings (SSSR count). The van der Waals surface area contributed by atoms with E-state index in [1.54, 1.807) is 20.1 Å². The van der Waals surface area contributed by atoms with Gasteiger partial charge in [0.15, 0.2) is 0 Å². The Balaban J connectivity index is 0.00000242. The first-order valence-electron chi connectivity index (χ1n) is 7.04. The first-order valence-corrected chi connectivity index (χ1v) is 7.84. The molecule has 0 aliphatic carbocycles. The van der Waals surface area contributed by atoms with Crippen LogP contribution in [0.2, 0.25) is 0 Å². The number of β-amino-alcohol motifs (C(OH)–C–C–N with tert-alkyl or cyclic N) is 1. The standard InChI is InChI=1S/C15H21BrN2O3.ClH/c1-11(19)10-17-5-7-18(8-6-17)15(20)13-9-12(21-2)3-4-14(13)16;/h3-4,9,11,19H,5-8,10H2,1-2H3;1H. The molecule has 7 heteroatoms. The number of carbonyl (C=O) groups excluding carboxylic acids is 1. The first-order chi connectivity index (χ1) is 10.0. The Morgan fingerprint density at radius 1 is 1.36 bits per heavy atom. The van der Waals surface area contributed by atoms with Crippen LogP contribution in [0.1, 0.15) is 17.3 Å². The van der Waals surface area contributed by atoms with E-state index in [1.807, 2.05) is 17.0 Å². The van der Waals surface area contributed by atoms with Crippen molar-refractivity contribution in [2.24, 2.45) is 0 Å². The molecule has 1 heterocycles. The quantitative estimate of drug-likeness (QED) is 0.850. The minimum Gasteiger partial charge on any atom is -0.497 e. The van der Waals surface area contributed by atoms with Gasteiger partial charge in [-0.3, -0.25) is 9.69 Å². The molecule has 0 bridgehead atoms. The first kappa shape index (κ1) is 19.2. The van der Waals surface area contributed by atoms with Crippen LogP contribution in [0.4, 0.5) is 0 Å². The van der Waals surface area contributed by atoms with E-state index in [0.717, 1.165) is 17.6 Å². The van der Waals surface area contributed by atoms with Crippen molar-refractivity contribution in [3.8, 4) is 5.75 Å². The van der Waals surface area contributed by atoms with E-state index in [9.17, 15) is 9.90 Å². The van der Waals surface area contributed by atoms with Gasteiger partial charge in [-0.25, -0.2) is 0 Å². The second-order valence-corrected chi connectivity index (χ2v) is 6.14. The fraction of sp³-hybridized carbons (Fsp3) is 0.533. The molecule has 22 heavy (non-hydrogen) atoms. The molecule has 1 aliphatic rings. The molecule has 0 spiro atoms. The number of aliphatic hydroxyl groups excluding tert-OH is 1. The van der Waals surface area contributed by atoms with Gasteiger partial charge in [-0.05, 0) is 41.1 Å². The van der Waals surface area contributed by atoms with Gasteiger partial charge in [0.25, 0.3) is 5.91 Å². The smallest absolute Gasteiger partial charge is 0.255 e. The Morgan fingerprint density at radius 3 is 2.55 bits per heavy atom. The Bertz CT molecular complexity index is 506. The number of halogens is 2. The highest BCUT2D eigenvalue weighted by molar-refractivity contribution is 9.10. The van der Waals surface area contributed by atoms with E-state index >= 15 is 0 Å². The molecule has 1 fully saturated rings. The summed E-state index contributed by atoms with van der Waals surface area (Å²) < 4.78 is 5.96. The molecular weight excluding hydrogens is 372 g/mol. The minimum absolute atomic E-state index is 0. The number of hydrogen-bond donors (Lipinski definition) is 1. The van der Waals surface area contributed by atoms with E-state index < -0.39 is 0 Å². The van der Waals surface area contributed by atoms with Crippen molar-refractivity contribution in [2.75, 3.05) is 39.8 Å². The number of hydrogen-bond acceptors (Lipinski definition) is 4. The minimum atomic E-state index is -0.334. The van der Waals surface area contributed by atoms with Gasteiger partial charge in [0.2, 0.25) is 0 Å². The second-order valence-electron chi connectivity index (χ2n) is 5.29. The van der Waals surface area contributed by atoms with Gasteiger partial charge >= 0.3 is 0 Å². The third kappa shape index (κ3) is 4.84. The van der Waals surface area contributed by atoms with Gasteiger partial charge in [-0.1, -0.05) is 0 Å². The van der Waals surface area contributed by atoms with Gasteiger partial charge in [0, 0.05) is 37.2 Å². The normalized spacial score (nSPS) is 16.8. The van der Waals surface area contributed by atoms with E-state index in [-0.39, 0.29) is 24.4 Å². The Morgan fingerprint density at radius 2 is 2.00 bits per heavy atom. The number of ether oxygens (including phenoxy) is 1. The summed E-state index contributed by atoms with van der Waals surface area (Å²) in [5.74, 6) is 0.687.